The van der Waals surface area contributed by atoms with Gasteiger partial charge in [0.25, 0.3) is 0 Å². The monoisotopic (exact) mass is 400 g/mol. The molecule has 1 aliphatic rings. The third-order valence-corrected chi connectivity index (χ3v) is 5.35. The molecule has 0 aliphatic heterocycles. The van der Waals surface area contributed by atoms with E-state index in [4.69, 9.17) is 0 Å². The molecule has 1 heterocycles. The summed E-state index contributed by atoms with van der Waals surface area (Å²) in [7, 11) is 0. The van der Waals surface area contributed by atoms with Gasteiger partial charge in [-0.1, -0.05) is 30.0 Å². The highest BCUT2D eigenvalue weighted by Crippen LogP contribution is 2.40. The van der Waals surface area contributed by atoms with Crippen LogP contribution in [0.1, 0.15) is 31.5 Å². The van der Waals surface area contributed by atoms with E-state index in [1.54, 1.807) is 6.92 Å². The first kappa shape index (κ1) is 18.6. The van der Waals surface area contributed by atoms with Crippen molar-refractivity contribution in [2.75, 3.05) is 5.32 Å². The SMILES string of the molecule is C[C@@H](Sc1nc(C2CC2)n(-c2ccccc2)n1)C(=O)Nc1cc(F)ccc1F. The van der Waals surface area contributed by atoms with Gasteiger partial charge >= 0.3 is 0 Å². The summed E-state index contributed by atoms with van der Waals surface area (Å²) in [4.78, 5) is 17.0. The zero-order valence-electron chi connectivity index (χ0n) is 15.1. The predicted octanol–water partition coefficient (Wildman–Crippen LogP) is 4.54. The molecule has 5 nitrogen and oxygen atoms in total. The van der Waals surface area contributed by atoms with E-state index in [-0.39, 0.29) is 5.69 Å². The first-order valence-electron chi connectivity index (χ1n) is 8.96. The Hall–Kier alpha value is -2.74. The summed E-state index contributed by atoms with van der Waals surface area (Å²) in [5.41, 5.74) is 0.738. The Kier molecular flexibility index (Phi) is 5.13. The van der Waals surface area contributed by atoms with Crippen LogP contribution in [0.2, 0.25) is 0 Å². The Balaban J connectivity index is 1.50. The maximum atomic E-state index is 13.7. The van der Waals surface area contributed by atoms with Crippen LogP contribution in [0.15, 0.2) is 53.7 Å². The van der Waals surface area contributed by atoms with E-state index in [0.717, 1.165) is 42.6 Å². The number of carbonyl (C=O) groups excluding carboxylic acids is 1. The number of hydrogen-bond donors (Lipinski definition) is 1. The van der Waals surface area contributed by atoms with Crippen molar-refractivity contribution in [3.8, 4) is 5.69 Å². The molecule has 1 saturated carbocycles. The molecule has 144 valence electrons. The van der Waals surface area contributed by atoms with Crippen LogP contribution in [-0.4, -0.2) is 25.9 Å². The number of benzene rings is 2. The second-order valence-electron chi connectivity index (χ2n) is 6.65. The minimum absolute atomic E-state index is 0.182. The number of nitrogens with one attached hydrogen (secondary N) is 1. The van der Waals surface area contributed by atoms with E-state index in [1.807, 2.05) is 35.0 Å². The van der Waals surface area contributed by atoms with Crippen molar-refractivity contribution in [2.45, 2.75) is 36.1 Å². The molecule has 0 saturated heterocycles. The Bertz CT molecular complexity index is 1000. The molecule has 1 atom stereocenters. The van der Waals surface area contributed by atoms with Gasteiger partial charge in [0.1, 0.15) is 17.5 Å². The number of anilines is 1. The van der Waals surface area contributed by atoms with Gasteiger partial charge in [-0.25, -0.2) is 18.4 Å². The third-order valence-electron chi connectivity index (χ3n) is 4.39. The highest BCUT2D eigenvalue weighted by atomic mass is 32.2. The minimum atomic E-state index is -0.686. The van der Waals surface area contributed by atoms with Crippen molar-refractivity contribution >= 4 is 23.4 Å². The van der Waals surface area contributed by atoms with E-state index in [2.05, 4.69) is 15.4 Å². The number of para-hydroxylation sites is 1. The Morgan fingerprint density at radius 1 is 1.21 bits per heavy atom. The lowest BCUT2D eigenvalue weighted by Gasteiger charge is -2.10. The molecule has 28 heavy (non-hydrogen) atoms. The summed E-state index contributed by atoms with van der Waals surface area (Å²) in [6.07, 6.45) is 2.15. The molecule has 0 radical (unpaired) electrons. The molecule has 8 heteroatoms. The average molecular weight is 400 g/mol. The molecule has 1 fully saturated rings. The number of thioether (sulfide) groups is 1. The summed E-state index contributed by atoms with van der Waals surface area (Å²) in [6, 6.07) is 12.7. The van der Waals surface area contributed by atoms with Crippen molar-refractivity contribution in [1.29, 1.82) is 0 Å². The van der Waals surface area contributed by atoms with E-state index in [1.165, 1.54) is 11.8 Å². The topological polar surface area (TPSA) is 59.8 Å². The number of carbonyl (C=O) groups is 1. The summed E-state index contributed by atoms with van der Waals surface area (Å²) < 4.78 is 28.8. The third kappa shape index (κ3) is 4.06. The van der Waals surface area contributed by atoms with Crippen LogP contribution in [0.5, 0.6) is 0 Å². The Morgan fingerprint density at radius 3 is 2.68 bits per heavy atom. The normalized spacial score (nSPS) is 14.7. The number of nitrogens with zero attached hydrogens (tertiary/aromatic N) is 3. The van der Waals surface area contributed by atoms with Crippen LogP contribution in [0.3, 0.4) is 0 Å². The predicted molar refractivity (Wildman–Crippen MR) is 104 cm³/mol. The molecule has 1 aliphatic carbocycles. The second-order valence-corrected chi connectivity index (χ2v) is 7.96. The van der Waals surface area contributed by atoms with Crippen molar-refractivity contribution < 1.29 is 13.6 Å². The first-order valence-corrected chi connectivity index (χ1v) is 9.84. The highest BCUT2D eigenvalue weighted by molar-refractivity contribution is 8.00. The van der Waals surface area contributed by atoms with Gasteiger partial charge in [0, 0.05) is 12.0 Å². The summed E-state index contributed by atoms with van der Waals surface area (Å²) in [5.74, 6) is -0.479. The summed E-state index contributed by atoms with van der Waals surface area (Å²) in [5, 5.41) is 6.88. The summed E-state index contributed by atoms with van der Waals surface area (Å²) >= 11 is 1.18. The van der Waals surface area contributed by atoms with Crippen LogP contribution in [0.25, 0.3) is 5.69 Å². The smallest absolute Gasteiger partial charge is 0.237 e. The van der Waals surface area contributed by atoms with Gasteiger partial charge < -0.3 is 5.32 Å². The fourth-order valence-corrected chi connectivity index (χ4v) is 3.52. The zero-order chi connectivity index (χ0) is 19.7. The molecule has 0 bridgehead atoms. The second kappa shape index (κ2) is 7.71. The van der Waals surface area contributed by atoms with Crippen LogP contribution >= 0.6 is 11.8 Å². The zero-order valence-corrected chi connectivity index (χ0v) is 15.9. The van der Waals surface area contributed by atoms with Gasteiger partial charge in [-0.05, 0) is 44.0 Å². The molecule has 4 rings (SSSR count). The fraction of sp³-hybridized carbons (Fsp3) is 0.250. The fourth-order valence-electron chi connectivity index (χ4n) is 2.76. The number of hydrogen-bond acceptors (Lipinski definition) is 4. The lowest BCUT2D eigenvalue weighted by Crippen LogP contribution is -2.23. The molecular formula is C20H18F2N4OS. The maximum absolute atomic E-state index is 13.7. The lowest BCUT2D eigenvalue weighted by atomic mass is 10.3. The van der Waals surface area contributed by atoms with Crippen LogP contribution < -0.4 is 5.32 Å². The van der Waals surface area contributed by atoms with E-state index in [9.17, 15) is 13.6 Å². The number of rotatable bonds is 6. The van der Waals surface area contributed by atoms with E-state index >= 15 is 0 Å². The van der Waals surface area contributed by atoms with Gasteiger partial charge in [-0.3, -0.25) is 4.79 Å². The average Bonchev–Trinajstić information content (AvgIpc) is 3.45. The molecule has 2 aromatic carbocycles. The maximum Gasteiger partial charge on any atom is 0.237 e. The first-order chi connectivity index (χ1) is 13.5. The van der Waals surface area contributed by atoms with Crippen LogP contribution in [-0.2, 0) is 4.79 Å². The standard InChI is InChI=1S/C20H18F2N4OS/c1-12(19(27)23-17-11-14(21)9-10-16(17)22)28-20-24-18(13-7-8-13)26(25-20)15-5-3-2-4-6-15/h2-6,9-13H,7-8H2,1H3,(H,23,27)/t12-/m1/s1. The van der Waals surface area contributed by atoms with Gasteiger partial charge in [-0.2, -0.15) is 0 Å². The quantitative estimate of drug-likeness (QED) is 0.617. The minimum Gasteiger partial charge on any atom is -0.323 e. The van der Waals surface area contributed by atoms with Gasteiger partial charge in [0.2, 0.25) is 11.1 Å². The lowest BCUT2D eigenvalue weighted by molar-refractivity contribution is -0.115. The molecule has 1 N–H and O–H groups in total. The number of aromatic nitrogens is 3. The molecule has 0 spiro atoms. The highest BCUT2D eigenvalue weighted by Gasteiger charge is 2.31. The van der Waals surface area contributed by atoms with Crippen molar-refractivity contribution in [1.82, 2.24) is 14.8 Å². The van der Waals surface area contributed by atoms with Crippen LogP contribution in [0, 0.1) is 11.6 Å². The Morgan fingerprint density at radius 2 is 1.96 bits per heavy atom. The van der Waals surface area contributed by atoms with Gasteiger partial charge in [0.15, 0.2) is 0 Å². The summed E-state index contributed by atoms with van der Waals surface area (Å²) in [6.45, 7) is 1.68. The number of amides is 1. The van der Waals surface area contributed by atoms with Crippen molar-refractivity contribution in [2.24, 2.45) is 0 Å². The van der Waals surface area contributed by atoms with Gasteiger partial charge in [-0.15, -0.1) is 5.10 Å². The molecular weight excluding hydrogens is 382 g/mol. The molecule has 0 unspecified atom stereocenters. The van der Waals surface area contributed by atoms with Gasteiger partial charge in [0.05, 0.1) is 16.6 Å². The van der Waals surface area contributed by atoms with Crippen LogP contribution in [0.4, 0.5) is 14.5 Å². The molecule has 1 aromatic heterocycles. The molecule has 1 amide bonds. The Labute approximate surface area is 165 Å². The van der Waals surface area contributed by atoms with E-state index < -0.39 is 22.8 Å². The molecule has 3 aromatic rings. The van der Waals surface area contributed by atoms with Crippen molar-refractivity contribution in [3.63, 3.8) is 0 Å². The van der Waals surface area contributed by atoms with Crippen molar-refractivity contribution in [3.05, 3.63) is 66.0 Å². The van der Waals surface area contributed by atoms with E-state index in [0.29, 0.717) is 11.1 Å². The number of halogens is 2. The largest absolute Gasteiger partial charge is 0.323 e.